The summed E-state index contributed by atoms with van der Waals surface area (Å²) >= 11 is 0. The van der Waals surface area contributed by atoms with E-state index in [1.54, 1.807) is 0 Å². The molecule has 1 aromatic carbocycles. The summed E-state index contributed by atoms with van der Waals surface area (Å²) in [4.78, 5) is 9.09. The summed E-state index contributed by atoms with van der Waals surface area (Å²) < 4.78 is 5.83. The summed E-state index contributed by atoms with van der Waals surface area (Å²) in [5.41, 5.74) is 1.30. The van der Waals surface area contributed by atoms with E-state index >= 15 is 0 Å². The fourth-order valence-corrected chi connectivity index (χ4v) is 3.41. The van der Waals surface area contributed by atoms with Gasteiger partial charge in [0, 0.05) is 32.2 Å². The fourth-order valence-electron chi connectivity index (χ4n) is 3.41. The number of hydrogen-bond acceptors (Lipinski definition) is 4. The number of hydrogen-bond donors (Lipinski definition) is 2. The lowest BCUT2D eigenvalue weighted by molar-refractivity contribution is 0.0982. The monoisotopic (exact) mass is 517 g/mol. The molecule has 0 spiro atoms. The Hall–Kier alpha value is -1.06. The van der Waals surface area contributed by atoms with Crippen LogP contribution in [-0.4, -0.2) is 75.2 Å². The van der Waals surface area contributed by atoms with Gasteiger partial charge in [0.1, 0.15) is 12.4 Å². The molecule has 0 saturated carbocycles. The quantitative estimate of drug-likeness (QED) is 0.300. The Morgan fingerprint density at radius 2 is 1.90 bits per heavy atom. The SMILES string of the molecule is CN=C(NCc1cccc(OCCN(C)C)c1)NCC(C)(C)N1CCCCC1.I. The Bertz CT molecular complexity index is 615. The Labute approximate surface area is 194 Å². The van der Waals surface area contributed by atoms with E-state index in [4.69, 9.17) is 4.74 Å². The van der Waals surface area contributed by atoms with Crippen LogP contribution >= 0.6 is 24.0 Å². The van der Waals surface area contributed by atoms with Crippen molar-refractivity contribution in [3.8, 4) is 5.75 Å². The molecule has 1 aliphatic rings. The molecule has 2 N–H and O–H groups in total. The van der Waals surface area contributed by atoms with Crippen molar-refractivity contribution < 1.29 is 4.74 Å². The zero-order valence-corrected chi connectivity index (χ0v) is 21.2. The predicted octanol–water partition coefficient (Wildman–Crippen LogP) is 3.17. The largest absolute Gasteiger partial charge is 0.492 e. The summed E-state index contributed by atoms with van der Waals surface area (Å²) in [6.45, 7) is 10.2. The van der Waals surface area contributed by atoms with E-state index in [2.05, 4.69) is 65.5 Å². The fraction of sp³-hybridized carbons (Fsp3) is 0.682. The third-order valence-electron chi connectivity index (χ3n) is 5.29. The minimum Gasteiger partial charge on any atom is -0.492 e. The first-order valence-corrected chi connectivity index (χ1v) is 10.5. The first kappa shape index (κ1) is 26.0. The molecule has 166 valence electrons. The van der Waals surface area contributed by atoms with Crippen LogP contribution in [0.15, 0.2) is 29.3 Å². The molecule has 1 saturated heterocycles. The molecule has 2 rings (SSSR count). The summed E-state index contributed by atoms with van der Waals surface area (Å²) in [5.74, 6) is 1.75. The highest BCUT2D eigenvalue weighted by atomic mass is 127. The Morgan fingerprint density at radius 1 is 1.17 bits per heavy atom. The van der Waals surface area contributed by atoms with Crippen molar-refractivity contribution in [1.29, 1.82) is 0 Å². The Kier molecular flexibility index (Phi) is 11.9. The van der Waals surface area contributed by atoms with Crippen LogP contribution in [0.25, 0.3) is 0 Å². The Morgan fingerprint density at radius 3 is 2.55 bits per heavy atom. The van der Waals surface area contributed by atoms with Crippen molar-refractivity contribution in [2.45, 2.75) is 45.2 Å². The lowest BCUT2D eigenvalue weighted by Gasteiger charge is -2.41. The predicted molar refractivity (Wildman–Crippen MR) is 134 cm³/mol. The molecule has 1 aromatic rings. The smallest absolute Gasteiger partial charge is 0.191 e. The van der Waals surface area contributed by atoms with Gasteiger partial charge in [0.05, 0.1) is 0 Å². The van der Waals surface area contributed by atoms with E-state index in [1.165, 1.54) is 37.9 Å². The third-order valence-corrected chi connectivity index (χ3v) is 5.29. The number of aliphatic imine (C=N–C) groups is 1. The first-order chi connectivity index (χ1) is 13.4. The number of piperidine rings is 1. The van der Waals surface area contributed by atoms with Crippen LogP contribution in [0.4, 0.5) is 0 Å². The zero-order chi connectivity index (χ0) is 20.4. The second-order valence-corrected chi connectivity index (χ2v) is 8.44. The number of likely N-dealkylation sites (N-methyl/N-ethyl adjacent to an activating group) is 1. The number of rotatable bonds is 9. The van der Waals surface area contributed by atoms with Gasteiger partial charge < -0.3 is 20.3 Å². The highest BCUT2D eigenvalue weighted by Crippen LogP contribution is 2.19. The topological polar surface area (TPSA) is 52.1 Å². The molecule has 1 heterocycles. The molecule has 0 bridgehead atoms. The van der Waals surface area contributed by atoms with Crippen molar-refractivity contribution in [3.63, 3.8) is 0 Å². The third kappa shape index (κ3) is 9.53. The number of ether oxygens (including phenoxy) is 1. The molecule has 6 nitrogen and oxygen atoms in total. The van der Waals surface area contributed by atoms with Crippen LogP contribution in [0.3, 0.4) is 0 Å². The van der Waals surface area contributed by atoms with Gasteiger partial charge in [-0.25, -0.2) is 0 Å². The van der Waals surface area contributed by atoms with Crippen LogP contribution in [0.2, 0.25) is 0 Å². The Balaban J connectivity index is 0.00000420. The van der Waals surface area contributed by atoms with Crippen LogP contribution in [-0.2, 0) is 6.54 Å². The molecule has 0 unspecified atom stereocenters. The van der Waals surface area contributed by atoms with Crippen LogP contribution < -0.4 is 15.4 Å². The molecule has 1 aliphatic heterocycles. The maximum absolute atomic E-state index is 5.83. The van der Waals surface area contributed by atoms with Crippen molar-refractivity contribution in [3.05, 3.63) is 29.8 Å². The second kappa shape index (κ2) is 13.3. The number of halogens is 1. The number of likely N-dealkylation sites (tertiary alicyclic amines) is 1. The van der Waals surface area contributed by atoms with Gasteiger partial charge >= 0.3 is 0 Å². The first-order valence-electron chi connectivity index (χ1n) is 10.5. The van der Waals surface area contributed by atoms with Crippen molar-refractivity contribution in [2.75, 3.05) is 53.9 Å². The lowest BCUT2D eigenvalue weighted by Crippen LogP contribution is -2.54. The molecule has 29 heavy (non-hydrogen) atoms. The molecule has 0 radical (unpaired) electrons. The van der Waals surface area contributed by atoms with Crippen molar-refractivity contribution >= 4 is 29.9 Å². The average Bonchev–Trinajstić information content (AvgIpc) is 2.69. The van der Waals surface area contributed by atoms with Gasteiger partial charge in [0.25, 0.3) is 0 Å². The van der Waals surface area contributed by atoms with E-state index in [1.807, 2.05) is 19.2 Å². The molecule has 0 atom stereocenters. The number of benzene rings is 1. The van der Waals surface area contributed by atoms with Crippen LogP contribution in [0.5, 0.6) is 5.75 Å². The van der Waals surface area contributed by atoms with Gasteiger partial charge in [-0.05, 0) is 71.6 Å². The maximum atomic E-state index is 5.83. The average molecular weight is 518 g/mol. The summed E-state index contributed by atoms with van der Waals surface area (Å²) in [7, 11) is 5.92. The zero-order valence-electron chi connectivity index (χ0n) is 18.8. The van der Waals surface area contributed by atoms with Gasteiger partial charge in [0.2, 0.25) is 0 Å². The van der Waals surface area contributed by atoms with E-state index in [0.717, 1.165) is 24.8 Å². The highest BCUT2D eigenvalue weighted by Gasteiger charge is 2.27. The molecule has 0 aliphatic carbocycles. The highest BCUT2D eigenvalue weighted by molar-refractivity contribution is 14.0. The maximum Gasteiger partial charge on any atom is 0.191 e. The molecule has 1 fully saturated rings. The van der Waals surface area contributed by atoms with Crippen molar-refractivity contribution in [2.24, 2.45) is 4.99 Å². The van der Waals surface area contributed by atoms with Gasteiger partial charge in [-0.3, -0.25) is 9.89 Å². The van der Waals surface area contributed by atoms with Gasteiger partial charge in [-0.15, -0.1) is 24.0 Å². The lowest BCUT2D eigenvalue weighted by atomic mass is 9.98. The molecule has 7 heteroatoms. The normalized spacial score (nSPS) is 15.7. The van der Waals surface area contributed by atoms with E-state index < -0.39 is 0 Å². The minimum absolute atomic E-state index is 0. The summed E-state index contributed by atoms with van der Waals surface area (Å²) in [6, 6.07) is 8.25. The van der Waals surface area contributed by atoms with E-state index in [-0.39, 0.29) is 29.5 Å². The second-order valence-electron chi connectivity index (χ2n) is 8.44. The van der Waals surface area contributed by atoms with Gasteiger partial charge in [-0.2, -0.15) is 0 Å². The van der Waals surface area contributed by atoms with Crippen LogP contribution in [0, 0.1) is 0 Å². The van der Waals surface area contributed by atoms with Gasteiger partial charge in [0.15, 0.2) is 5.96 Å². The number of guanidine groups is 1. The standard InChI is InChI=1S/C22H39N5O.HI/c1-22(2,27-12-7-6-8-13-27)18-25-21(23-3)24-17-19-10-9-11-20(16-19)28-15-14-26(4)5;/h9-11,16H,6-8,12-15,17-18H2,1-5H3,(H2,23,24,25);1H. The van der Waals surface area contributed by atoms with Crippen LogP contribution in [0.1, 0.15) is 38.7 Å². The number of nitrogens with zero attached hydrogens (tertiary/aromatic N) is 3. The van der Waals surface area contributed by atoms with Crippen molar-refractivity contribution in [1.82, 2.24) is 20.4 Å². The van der Waals surface area contributed by atoms with E-state index in [0.29, 0.717) is 13.2 Å². The molecule has 0 amide bonds. The minimum atomic E-state index is 0. The van der Waals surface area contributed by atoms with E-state index in [9.17, 15) is 0 Å². The van der Waals surface area contributed by atoms with Gasteiger partial charge in [-0.1, -0.05) is 18.6 Å². The molecular weight excluding hydrogens is 477 g/mol. The molecular formula is C22H40IN5O. The molecule has 0 aromatic heterocycles. The summed E-state index contributed by atoms with van der Waals surface area (Å²) in [6.07, 6.45) is 3.98. The summed E-state index contributed by atoms with van der Waals surface area (Å²) in [5, 5.41) is 6.92. The number of nitrogens with one attached hydrogen (secondary N) is 2.